The second-order valence-corrected chi connectivity index (χ2v) is 6.24. The van der Waals surface area contributed by atoms with E-state index in [1.165, 1.54) is 0 Å². The summed E-state index contributed by atoms with van der Waals surface area (Å²) in [6.45, 7) is 5.83. The van der Waals surface area contributed by atoms with Crippen LogP contribution in [0.2, 0.25) is 5.02 Å². The van der Waals surface area contributed by atoms with E-state index in [1.54, 1.807) is 19.2 Å². The molecule has 1 aliphatic rings. The van der Waals surface area contributed by atoms with E-state index in [0.29, 0.717) is 35.1 Å². The Kier molecular flexibility index (Phi) is 5.91. The number of methoxy groups -OCH3 is 1. The Hall–Kier alpha value is -1.46. The molecule has 0 radical (unpaired) electrons. The highest BCUT2D eigenvalue weighted by Crippen LogP contribution is 2.28. The number of aliphatic imine (C=N–C) groups is 1. The number of benzene rings is 1. The van der Waals surface area contributed by atoms with Gasteiger partial charge in [0.1, 0.15) is 5.75 Å². The molecule has 1 aromatic carbocycles. The lowest BCUT2D eigenvalue weighted by Gasteiger charge is -2.20. The van der Waals surface area contributed by atoms with Crippen LogP contribution >= 0.6 is 11.6 Å². The van der Waals surface area contributed by atoms with Gasteiger partial charge in [0.2, 0.25) is 0 Å². The Bertz CT molecular complexity index is 534. The molecule has 1 heterocycles. The van der Waals surface area contributed by atoms with Crippen LogP contribution in [-0.2, 0) is 4.74 Å². The van der Waals surface area contributed by atoms with Crippen molar-refractivity contribution < 1.29 is 9.47 Å². The predicted octanol–water partition coefficient (Wildman–Crippen LogP) is 3.14. The minimum absolute atomic E-state index is 0.270. The second-order valence-electron chi connectivity index (χ2n) is 5.83. The molecule has 1 saturated heterocycles. The minimum atomic E-state index is 0.270. The van der Waals surface area contributed by atoms with Crippen LogP contribution in [0.1, 0.15) is 20.3 Å². The monoisotopic (exact) mass is 325 g/mol. The van der Waals surface area contributed by atoms with Crippen molar-refractivity contribution in [2.75, 3.05) is 25.6 Å². The number of hydrogen-bond donors (Lipinski definition) is 2. The number of hydrogen-bond acceptors (Lipinski definition) is 3. The summed E-state index contributed by atoms with van der Waals surface area (Å²) in [6.07, 6.45) is 1.31. The van der Waals surface area contributed by atoms with Crippen molar-refractivity contribution in [3.8, 4) is 5.75 Å². The molecule has 22 heavy (non-hydrogen) atoms. The number of ether oxygens (including phenoxy) is 2. The van der Waals surface area contributed by atoms with Gasteiger partial charge >= 0.3 is 0 Å². The standard InChI is InChI=1S/C16H24ClN3O2/c1-10(2)15-11(6-7-22-15)9-19-16(18)20-12-4-5-14(21-3)13(17)8-12/h4-5,8,10-11,15H,6-7,9H2,1-3H3,(H3,18,19,20). The van der Waals surface area contributed by atoms with Crippen molar-refractivity contribution in [1.82, 2.24) is 0 Å². The van der Waals surface area contributed by atoms with E-state index in [-0.39, 0.29) is 6.10 Å². The van der Waals surface area contributed by atoms with E-state index in [9.17, 15) is 0 Å². The second kappa shape index (κ2) is 7.70. The third-order valence-electron chi connectivity index (χ3n) is 3.84. The molecular formula is C16H24ClN3O2. The van der Waals surface area contributed by atoms with Gasteiger partial charge in [0, 0.05) is 24.8 Å². The van der Waals surface area contributed by atoms with Crippen molar-refractivity contribution in [2.24, 2.45) is 22.6 Å². The largest absolute Gasteiger partial charge is 0.495 e. The fraction of sp³-hybridized carbons (Fsp3) is 0.562. The topological polar surface area (TPSA) is 68.9 Å². The van der Waals surface area contributed by atoms with Crippen LogP contribution < -0.4 is 15.8 Å². The summed E-state index contributed by atoms with van der Waals surface area (Å²) in [5.41, 5.74) is 6.74. The number of rotatable bonds is 5. The van der Waals surface area contributed by atoms with Gasteiger partial charge < -0.3 is 20.5 Å². The molecule has 2 unspecified atom stereocenters. The Morgan fingerprint density at radius 1 is 1.55 bits per heavy atom. The van der Waals surface area contributed by atoms with E-state index >= 15 is 0 Å². The zero-order valence-corrected chi connectivity index (χ0v) is 14.1. The summed E-state index contributed by atoms with van der Waals surface area (Å²) in [6, 6.07) is 5.40. The highest BCUT2D eigenvalue weighted by molar-refractivity contribution is 6.32. The lowest BCUT2D eigenvalue weighted by molar-refractivity contribution is 0.0559. The molecule has 1 fully saturated rings. The van der Waals surface area contributed by atoms with E-state index in [4.69, 9.17) is 26.8 Å². The molecule has 1 aromatic rings. The van der Waals surface area contributed by atoms with Crippen LogP contribution in [-0.4, -0.2) is 32.3 Å². The number of guanidine groups is 1. The average molecular weight is 326 g/mol. The van der Waals surface area contributed by atoms with E-state index in [2.05, 4.69) is 24.2 Å². The fourth-order valence-electron chi connectivity index (χ4n) is 2.73. The third-order valence-corrected chi connectivity index (χ3v) is 4.14. The molecule has 0 bridgehead atoms. The molecule has 5 nitrogen and oxygen atoms in total. The van der Waals surface area contributed by atoms with Crippen LogP contribution in [0.15, 0.2) is 23.2 Å². The predicted molar refractivity (Wildman–Crippen MR) is 90.8 cm³/mol. The van der Waals surface area contributed by atoms with Crippen molar-refractivity contribution >= 4 is 23.2 Å². The van der Waals surface area contributed by atoms with Gasteiger partial charge in [-0.25, -0.2) is 0 Å². The maximum Gasteiger partial charge on any atom is 0.193 e. The van der Waals surface area contributed by atoms with Crippen LogP contribution in [0.4, 0.5) is 5.69 Å². The summed E-state index contributed by atoms with van der Waals surface area (Å²) in [5, 5.41) is 3.58. The molecule has 0 aliphatic carbocycles. The van der Waals surface area contributed by atoms with Crippen molar-refractivity contribution in [3.05, 3.63) is 23.2 Å². The molecule has 1 aliphatic heterocycles. The smallest absolute Gasteiger partial charge is 0.193 e. The number of anilines is 1. The van der Waals surface area contributed by atoms with Crippen LogP contribution in [0.3, 0.4) is 0 Å². The summed E-state index contributed by atoms with van der Waals surface area (Å²) in [7, 11) is 1.58. The van der Waals surface area contributed by atoms with E-state index < -0.39 is 0 Å². The van der Waals surface area contributed by atoms with Crippen molar-refractivity contribution in [2.45, 2.75) is 26.4 Å². The first-order valence-electron chi connectivity index (χ1n) is 7.53. The minimum Gasteiger partial charge on any atom is -0.495 e. The quantitative estimate of drug-likeness (QED) is 0.644. The molecule has 3 N–H and O–H groups in total. The molecule has 0 spiro atoms. The van der Waals surface area contributed by atoms with Gasteiger partial charge in [0.15, 0.2) is 5.96 Å². The van der Waals surface area contributed by atoms with Crippen LogP contribution in [0.25, 0.3) is 0 Å². The first-order valence-corrected chi connectivity index (χ1v) is 7.91. The molecule has 122 valence electrons. The lowest BCUT2D eigenvalue weighted by atomic mass is 9.93. The van der Waals surface area contributed by atoms with Crippen LogP contribution in [0.5, 0.6) is 5.75 Å². The van der Waals surface area contributed by atoms with Crippen LogP contribution in [0, 0.1) is 11.8 Å². The number of nitrogens with zero attached hydrogens (tertiary/aromatic N) is 1. The Morgan fingerprint density at radius 2 is 2.32 bits per heavy atom. The maximum atomic E-state index is 6.09. The molecular weight excluding hydrogens is 302 g/mol. The van der Waals surface area contributed by atoms with E-state index in [1.807, 2.05) is 6.07 Å². The maximum absolute atomic E-state index is 6.09. The molecule has 0 saturated carbocycles. The zero-order chi connectivity index (χ0) is 16.1. The lowest BCUT2D eigenvalue weighted by Crippen LogP contribution is -2.27. The Morgan fingerprint density at radius 3 is 2.95 bits per heavy atom. The van der Waals surface area contributed by atoms with Crippen molar-refractivity contribution in [3.63, 3.8) is 0 Å². The Labute approximate surface area is 136 Å². The average Bonchev–Trinajstić information content (AvgIpc) is 2.94. The first kappa shape index (κ1) is 16.9. The summed E-state index contributed by atoms with van der Waals surface area (Å²) < 4.78 is 10.9. The van der Waals surface area contributed by atoms with E-state index in [0.717, 1.165) is 18.7 Å². The highest BCUT2D eigenvalue weighted by atomic mass is 35.5. The first-order chi connectivity index (χ1) is 10.5. The van der Waals surface area contributed by atoms with Gasteiger partial charge in [-0.05, 0) is 30.5 Å². The van der Waals surface area contributed by atoms with Gasteiger partial charge in [0.05, 0.1) is 18.2 Å². The molecule has 2 atom stereocenters. The SMILES string of the molecule is COc1ccc(NC(N)=NCC2CCOC2C(C)C)cc1Cl. The third kappa shape index (κ3) is 4.27. The molecule has 0 aromatic heterocycles. The summed E-state index contributed by atoms with van der Waals surface area (Å²) in [4.78, 5) is 4.44. The van der Waals surface area contributed by atoms with Gasteiger partial charge in [-0.1, -0.05) is 25.4 Å². The number of nitrogens with one attached hydrogen (secondary N) is 1. The summed E-state index contributed by atoms with van der Waals surface area (Å²) >= 11 is 6.09. The van der Waals surface area contributed by atoms with Crippen molar-refractivity contribution in [1.29, 1.82) is 0 Å². The van der Waals surface area contributed by atoms with Gasteiger partial charge in [-0.15, -0.1) is 0 Å². The van der Waals surface area contributed by atoms with Gasteiger partial charge in [-0.3, -0.25) is 4.99 Å². The zero-order valence-electron chi connectivity index (χ0n) is 13.3. The highest BCUT2D eigenvalue weighted by Gasteiger charge is 2.30. The molecule has 6 heteroatoms. The fourth-order valence-corrected chi connectivity index (χ4v) is 2.99. The Balaban J connectivity index is 1.94. The summed E-state index contributed by atoms with van der Waals surface area (Å²) in [5.74, 6) is 1.94. The van der Waals surface area contributed by atoms with Gasteiger partial charge in [-0.2, -0.15) is 0 Å². The molecule has 2 rings (SSSR count). The number of halogens is 1. The molecule has 0 amide bonds. The van der Waals surface area contributed by atoms with Gasteiger partial charge in [0.25, 0.3) is 0 Å². The number of nitrogens with two attached hydrogens (primary N) is 1. The normalized spacial score (nSPS) is 22.1.